The molecule has 0 saturated carbocycles. The van der Waals surface area contributed by atoms with E-state index in [1.54, 1.807) is 4.90 Å². The Balaban J connectivity index is 2.23. The summed E-state index contributed by atoms with van der Waals surface area (Å²) in [5.41, 5.74) is 4.43. The molecule has 1 saturated heterocycles. The smallest absolute Gasteiger partial charge is 0.325 e. The number of hydrogen-bond acceptors (Lipinski definition) is 4. The second kappa shape index (κ2) is 6.04. The third-order valence-electron chi connectivity index (χ3n) is 3.98. The zero-order valence-corrected chi connectivity index (χ0v) is 11.5. The van der Waals surface area contributed by atoms with Crippen LogP contribution in [0.4, 0.5) is 0 Å². The summed E-state index contributed by atoms with van der Waals surface area (Å²) < 4.78 is 0. The van der Waals surface area contributed by atoms with Gasteiger partial charge in [0.25, 0.3) is 11.5 Å². The highest BCUT2D eigenvalue weighted by atomic mass is 16.2. The predicted octanol–water partition coefficient (Wildman–Crippen LogP) is -0.347. The van der Waals surface area contributed by atoms with E-state index < -0.39 is 11.2 Å². The number of piperidine rings is 1. The summed E-state index contributed by atoms with van der Waals surface area (Å²) in [6.45, 7) is 3.10. The molecule has 7 nitrogen and oxygen atoms in total. The van der Waals surface area contributed by atoms with Crippen molar-refractivity contribution in [3.63, 3.8) is 0 Å². The maximum atomic E-state index is 12.4. The zero-order valence-electron chi connectivity index (χ0n) is 11.5. The normalized spacial score (nSPS) is 22.8. The van der Waals surface area contributed by atoms with Crippen LogP contribution < -0.4 is 17.0 Å². The molecule has 1 amide bonds. The molecular formula is C13H20N4O3. The highest BCUT2D eigenvalue weighted by Gasteiger charge is 2.31. The first-order valence-electron chi connectivity index (χ1n) is 6.89. The number of rotatable bonds is 3. The minimum atomic E-state index is -0.660. The number of H-pyrrole nitrogens is 2. The Morgan fingerprint density at radius 2 is 2.25 bits per heavy atom. The van der Waals surface area contributed by atoms with Gasteiger partial charge in [0.15, 0.2) is 0 Å². The summed E-state index contributed by atoms with van der Waals surface area (Å²) >= 11 is 0. The fourth-order valence-corrected chi connectivity index (χ4v) is 2.72. The molecule has 2 unspecified atom stereocenters. The number of nitrogens with two attached hydrogens (primary N) is 1. The van der Waals surface area contributed by atoms with Crippen LogP contribution >= 0.6 is 0 Å². The Hall–Kier alpha value is -1.89. The van der Waals surface area contributed by atoms with E-state index in [9.17, 15) is 14.4 Å². The maximum absolute atomic E-state index is 12.4. The molecule has 0 radical (unpaired) electrons. The number of aromatic nitrogens is 2. The number of carbonyl (C=O) groups excluding carboxylic acids is 1. The zero-order chi connectivity index (χ0) is 14.7. The van der Waals surface area contributed by atoms with Gasteiger partial charge in [-0.15, -0.1) is 0 Å². The van der Waals surface area contributed by atoms with Crippen LogP contribution in [0.5, 0.6) is 0 Å². The SMILES string of the molecule is CCC1CCN(C(=O)c2c[nH]c(=O)[nH]c2=O)C(CN)C1. The van der Waals surface area contributed by atoms with Gasteiger partial charge in [0, 0.05) is 25.3 Å². The van der Waals surface area contributed by atoms with Crippen molar-refractivity contribution in [3.05, 3.63) is 32.6 Å². The van der Waals surface area contributed by atoms with Crippen molar-refractivity contribution in [1.82, 2.24) is 14.9 Å². The van der Waals surface area contributed by atoms with E-state index in [1.165, 1.54) is 6.20 Å². The highest BCUT2D eigenvalue weighted by Crippen LogP contribution is 2.25. The van der Waals surface area contributed by atoms with Crippen LogP contribution in [-0.4, -0.2) is 39.9 Å². The first kappa shape index (κ1) is 14.5. The molecule has 2 atom stereocenters. The van der Waals surface area contributed by atoms with E-state index in [4.69, 9.17) is 5.73 Å². The molecule has 1 aromatic heterocycles. The van der Waals surface area contributed by atoms with E-state index in [0.29, 0.717) is 19.0 Å². The summed E-state index contributed by atoms with van der Waals surface area (Å²) in [4.78, 5) is 41.1. The minimum absolute atomic E-state index is 0.0435. The molecule has 0 bridgehead atoms. The molecule has 1 fully saturated rings. The van der Waals surface area contributed by atoms with Gasteiger partial charge in [0.05, 0.1) is 0 Å². The van der Waals surface area contributed by atoms with Crippen molar-refractivity contribution >= 4 is 5.91 Å². The number of amides is 1. The van der Waals surface area contributed by atoms with Crippen molar-refractivity contribution < 1.29 is 4.79 Å². The molecule has 110 valence electrons. The Kier molecular flexibility index (Phi) is 4.39. The van der Waals surface area contributed by atoms with Crippen molar-refractivity contribution in [3.8, 4) is 0 Å². The molecule has 2 heterocycles. The lowest BCUT2D eigenvalue weighted by molar-refractivity contribution is 0.0556. The average Bonchev–Trinajstić information content (AvgIpc) is 2.46. The second-order valence-electron chi connectivity index (χ2n) is 5.17. The highest BCUT2D eigenvalue weighted by molar-refractivity contribution is 5.93. The van der Waals surface area contributed by atoms with Gasteiger partial charge in [-0.3, -0.25) is 14.6 Å². The third-order valence-corrected chi connectivity index (χ3v) is 3.98. The average molecular weight is 280 g/mol. The summed E-state index contributed by atoms with van der Waals surface area (Å²) in [6.07, 6.45) is 4.01. The first-order chi connectivity index (χ1) is 9.56. The van der Waals surface area contributed by atoms with Gasteiger partial charge in [-0.1, -0.05) is 13.3 Å². The summed E-state index contributed by atoms with van der Waals surface area (Å²) in [7, 11) is 0. The quantitative estimate of drug-likeness (QED) is 0.702. The molecule has 0 spiro atoms. The fraction of sp³-hybridized carbons (Fsp3) is 0.615. The van der Waals surface area contributed by atoms with Crippen LogP contribution in [0, 0.1) is 5.92 Å². The Morgan fingerprint density at radius 1 is 1.50 bits per heavy atom. The minimum Gasteiger partial charge on any atom is -0.334 e. The Labute approximate surface area is 116 Å². The van der Waals surface area contributed by atoms with Crippen LogP contribution in [0.1, 0.15) is 36.5 Å². The number of likely N-dealkylation sites (tertiary alicyclic amines) is 1. The van der Waals surface area contributed by atoms with E-state index in [2.05, 4.69) is 16.9 Å². The number of nitrogens with one attached hydrogen (secondary N) is 2. The molecule has 1 aliphatic rings. The number of aromatic amines is 2. The van der Waals surface area contributed by atoms with Crippen LogP contribution in [0.25, 0.3) is 0 Å². The van der Waals surface area contributed by atoms with Crippen LogP contribution in [0.3, 0.4) is 0 Å². The second-order valence-corrected chi connectivity index (χ2v) is 5.17. The molecule has 4 N–H and O–H groups in total. The van der Waals surface area contributed by atoms with Gasteiger partial charge in [0.1, 0.15) is 5.56 Å². The van der Waals surface area contributed by atoms with Crippen molar-refractivity contribution in [2.75, 3.05) is 13.1 Å². The van der Waals surface area contributed by atoms with Gasteiger partial charge < -0.3 is 15.6 Å². The molecule has 2 rings (SSSR count). The molecule has 7 heteroatoms. The summed E-state index contributed by atoms with van der Waals surface area (Å²) in [5.74, 6) is 0.203. The standard InChI is InChI=1S/C13H20N4O3/c1-2-8-3-4-17(9(5-8)6-14)12(19)10-7-15-13(20)16-11(10)18/h7-9H,2-6,14H2,1H3,(H2,15,16,18,20). The van der Waals surface area contributed by atoms with Gasteiger partial charge in [0.2, 0.25) is 0 Å². The number of carbonyl (C=O) groups is 1. The molecular weight excluding hydrogens is 260 g/mol. The van der Waals surface area contributed by atoms with Crippen molar-refractivity contribution in [2.24, 2.45) is 11.7 Å². The van der Waals surface area contributed by atoms with E-state index in [-0.39, 0.29) is 17.5 Å². The molecule has 0 aliphatic carbocycles. The van der Waals surface area contributed by atoms with Crippen LogP contribution in [0.15, 0.2) is 15.8 Å². The lowest BCUT2D eigenvalue weighted by atomic mass is 9.88. The third kappa shape index (κ3) is 2.82. The van der Waals surface area contributed by atoms with Gasteiger partial charge >= 0.3 is 5.69 Å². The van der Waals surface area contributed by atoms with Gasteiger partial charge in [-0.25, -0.2) is 4.79 Å². The first-order valence-corrected chi connectivity index (χ1v) is 6.89. The van der Waals surface area contributed by atoms with E-state index in [1.807, 2.05) is 0 Å². The predicted molar refractivity (Wildman–Crippen MR) is 74.6 cm³/mol. The largest absolute Gasteiger partial charge is 0.334 e. The van der Waals surface area contributed by atoms with Crippen molar-refractivity contribution in [1.29, 1.82) is 0 Å². The van der Waals surface area contributed by atoms with Gasteiger partial charge in [-0.05, 0) is 18.8 Å². The maximum Gasteiger partial charge on any atom is 0.325 e. The molecule has 0 aromatic carbocycles. The molecule has 1 aromatic rings. The number of nitrogens with zero attached hydrogens (tertiary/aromatic N) is 1. The number of hydrogen-bond donors (Lipinski definition) is 3. The molecule has 20 heavy (non-hydrogen) atoms. The topological polar surface area (TPSA) is 112 Å². The van der Waals surface area contributed by atoms with Crippen molar-refractivity contribution in [2.45, 2.75) is 32.2 Å². The monoisotopic (exact) mass is 280 g/mol. The summed E-state index contributed by atoms with van der Waals surface area (Å²) in [6, 6.07) is -0.0486. The Morgan fingerprint density at radius 3 is 2.85 bits per heavy atom. The lowest BCUT2D eigenvalue weighted by Crippen LogP contribution is -2.50. The van der Waals surface area contributed by atoms with Crippen LogP contribution in [-0.2, 0) is 0 Å². The fourth-order valence-electron chi connectivity index (χ4n) is 2.72. The lowest BCUT2D eigenvalue weighted by Gasteiger charge is -2.38. The summed E-state index contributed by atoms with van der Waals surface area (Å²) in [5, 5.41) is 0. The van der Waals surface area contributed by atoms with E-state index >= 15 is 0 Å². The Bertz CT molecular complexity index is 592. The van der Waals surface area contributed by atoms with Gasteiger partial charge in [-0.2, -0.15) is 0 Å². The van der Waals surface area contributed by atoms with E-state index in [0.717, 1.165) is 19.3 Å². The molecule has 1 aliphatic heterocycles. The van der Waals surface area contributed by atoms with Crippen LogP contribution in [0.2, 0.25) is 0 Å².